The van der Waals surface area contributed by atoms with E-state index in [0.29, 0.717) is 22.6 Å². The molecule has 33 heavy (non-hydrogen) atoms. The summed E-state index contributed by atoms with van der Waals surface area (Å²) in [5.41, 5.74) is 1.80. The predicted octanol–water partition coefficient (Wildman–Crippen LogP) is 2.80. The molecule has 9 heteroatoms. The van der Waals surface area contributed by atoms with Crippen molar-refractivity contribution in [1.82, 2.24) is 19.9 Å². The summed E-state index contributed by atoms with van der Waals surface area (Å²) in [7, 11) is 1.58. The second kappa shape index (κ2) is 8.79. The van der Waals surface area contributed by atoms with E-state index in [1.54, 1.807) is 54.5 Å². The number of fused-ring (bicyclic) bond motifs is 1. The summed E-state index contributed by atoms with van der Waals surface area (Å²) < 4.78 is 6.80. The van der Waals surface area contributed by atoms with E-state index in [2.05, 4.69) is 25.5 Å². The number of hydrogen-bond donors (Lipinski definition) is 3. The van der Waals surface area contributed by atoms with Crippen molar-refractivity contribution < 1.29 is 14.6 Å². The quantitative estimate of drug-likeness (QED) is 0.435. The number of aromatic nitrogens is 3. The summed E-state index contributed by atoms with van der Waals surface area (Å²) >= 11 is 0. The van der Waals surface area contributed by atoms with Crippen molar-refractivity contribution in [3.8, 4) is 17.4 Å². The average molecular weight is 444 g/mol. The third kappa shape index (κ3) is 4.06. The topological polar surface area (TPSA) is 105 Å². The van der Waals surface area contributed by atoms with Crippen molar-refractivity contribution in [2.24, 2.45) is 0 Å². The maximum absolute atomic E-state index is 13.1. The van der Waals surface area contributed by atoms with Crippen LogP contribution in [0.2, 0.25) is 0 Å². The van der Waals surface area contributed by atoms with Crippen molar-refractivity contribution in [2.75, 3.05) is 43.5 Å². The molecule has 0 atom stereocenters. The average Bonchev–Trinajstić information content (AvgIpc) is 3.20. The van der Waals surface area contributed by atoms with Gasteiger partial charge in [-0.25, -0.2) is 4.98 Å². The van der Waals surface area contributed by atoms with Crippen LogP contribution in [0.5, 0.6) is 11.6 Å². The molecule has 9 nitrogen and oxygen atoms in total. The number of aromatic hydroxyl groups is 1. The number of hydrogen-bond acceptors (Lipinski definition) is 7. The second-order valence-corrected chi connectivity index (χ2v) is 7.74. The monoisotopic (exact) mass is 444 g/mol. The molecule has 1 aliphatic heterocycles. The number of pyridine rings is 2. The number of amides is 1. The molecule has 4 heterocycles. The Bertz CT molecular complexity index is 1310. The van der Waals surface area contributed by atoms with Crippen LogP contribution in [0.25, 0.3) is 16.6 Å². The number of carbonyl (C=O) groups excluding carboxylic acids is 1. The van der Waals surface area contributed by atoms with Crippen LogP contribution in [-0.2, 0) is 0 Å². The van der Waals surface area contributed by atoms with E-state index in [0.717, 1.165) is 37.3 Å². The Morgan fingerprint density at radius 1 is 1.18 bits per heavy atom. The number of nitrogens with zero attached hydrogens (tertiary/aromatic N) is 4. The van der Waals surface area contributed by atoms with E-state index in [4.69, 9.17) is 4.74 Å². The zero-order valence-corrected chi connectivity index (χ0v) is 18.2. The van der Waals surface area contributed by atoms with Crippen molar-refractivity contribution in [3.63, 3.8) is 0 Å². The molecule has 0 bridgehead atoms. The summed E-state index contributed by atoms with van der Waals surface area (Å²) in [6.45, 7) is 3.48. The van der Waals surface area contributed by atoms with Crippen molar-refractivity contribution >= 4 is 28.1 Å². The number of piperazine rings is 1. The first-order chi connectivity index (χ1) is 16.1. The van der Waals surface area contributed by atoms with Gasteiger partial charge in [0.1, 0.15) is 17.3 Å². The minimum atomic E-state index is -0.348. The van der Waals surface area contributed by atoms with Crippen LogP contribution < -0.4 is 20.3 Å². The first-order valence-electron chi connectivity index (χ1n) is 10.7. The largest absolute Gasteiger partial charge is 0.497 e. The van der Waals surface area contributed by atoms with Gasteiger partial charge in [-0.1, -0.05) is 6.07 Å². The molecule has 3 N–H and O–H groups in total. The molecular formula is C24H24N6O3. The van der Waals surface area contributed by atoms with Gasteiger partial charge in [0.15, 0.2) is 0 Å². The smallest absolute Gasteiger partial charge is 0.274 e. The number of rotatable bonds is 5. The molecule has 0 unspecified atom stereocenters. The molecule has 3 aromatic heterocycles. The van der Waals surface area contributed by atoms with Crippen LogP contribution in [0, 0.1) is 0 Å². The Morgan fingerprint density at radius 3 is 2.85 bits per heavy atom. The van der Waals surface area contributed by atoms with E-state index in [1.807, 2.05) is 18.2 Å². The Morgan fingerprint density at radius 2 is 2.03 bits per heavy atom. The van der Waals surface area contributed by atoms with Crippen molar-refractivity contribution in [1.29, 1.82) is 0 Å². The number of ether oxygens (including phenoxy) is 1. The molecule has 1 aromatic carbocycles. The van der Waals surface area contributed by atoms with Crippen LogP contribution in [0.4, 0.5) is 11.4 Å². The summed E-state index contributed by atoms with van der Waals surface area (Å²) in [6.07, 6.45) is 5.15. The molecular weight excluding hydrogens is 420 g/mol. The molecule has 0 saturated carbocycles. The normalized spacial score (nSPS) is 13.8. The van der Waals surface area contributed by atoms with Gasteiger partial charge >= 0.3 is 0 Å². The molecule has 0 aliphatic carbocycles. The van der Waals surface area contributed by atoms with Gasteiger partial charge in [0, 0.05) is 49.3 Å². The highest BCUT2D eigenvalue weighted by Crippen LogP contribution is 2.32. The van der Waals surface area contributed by atoms with Gasteiger partial charge in [0.25, 0.3) is 5.91 Å². The molecule has 1 fully saturated rings. The molecule has 168 valence electrons. The first kappa shape index (κ1) is 20.8. The Kier molecular flexibility index (Phi) is 5.54. The highest BCUT2D eigenvalue weighted by Gasteiger charge is 2.18. The molecule has 0 spiro atoms. The predicted molar refractivity (Wildman–Crippen MR) is 127 cm³/mol. The maximum Gasteiger partial charge on any atom is 0.274 e. The van der Waals surface area contributed by atoms with Gasteiger partial charge in [0.2, 0.25) is 5.88 Å². The summed E-state index contributed by atoms with van der Waals surface area (Å²) in [5.74, 6) is 0.763. The van der Waals surface area contributed by atoms with E-state index in [-0.39, 0.29) is 17.5 Å². The van der Waals surface area contributed by atoms with Gasteiger partial charge in [-0.15, -0.1) is 0 Å². The second-order valence-electron chi connectivity index (χ2n) is 7.74. The van der Waals surface area contributed by atoms with E-state index in [9.17, 15) is 9.90 Å². The number of nitrogens with one attached hydrogen (secondary N) is 2. The standard InChI is InChI=1S/C24H24N6O3/c1-33-17-6-5-16-15-30(24(32)18(16)13-17)22-4-2-3-19(27-22)23(31)28-20-14-26-8-7-21(20)29-11-9-25-10-12-29/h2-8,13-15,25,32H,9-12H2,1H3,(H,28,31). The van der Waals surface area contributed by atoms with Gasteiger partial charge in [-0.3, -0.25) is 14.3 Å². The number of methoxy groups -OCH3 is 1. The van der Waals surface area contributed by atoms with Crippen LogP contribution >= 0.6 is 0 Å². The molecule has 5 rings (SSSR count). The highest BCUT2D eigenvalue weighted by atomic mass is 16.5. The van der Waals surface area contributed by atoms with Crippen LogP contribution in [-0.4, -0.2) is 58.8 Å². The maximum atomic E-state index is 13.1. The summed E-state index contributed by atoms with van der Waals surface area (Å²) in [4.78, 5) is 23.9. The van der Waals surface area contributed by atoms with Crippen LogP contribution in [0.3, 0.4) is 0 Å². The van der Waals surface area contributed by atoms with E-state index in [1.165, 1.54) is 0 Å². The van der Waals surface area contributed by atoms with Crippen LogP contribution in [0.1, 0.15) is 10.5 Å². The third-order valence-electron chi connectivity index (χ3n) is 5.72. The van der Waals surface area contributed by atoms with Crippen molar-refractivity contribution in [2.45, 2.75) is 0 Å². The molecule has 0 radical (unpaired) electrons. The van der Waals surface area contributed by atoms with Gasteiger partial charge < -0.3 is 25.4 Å². The Labute approximate surface area is 190 Å². The molecule has 1 aliphatic rings. The number of carbonyl (C=O) groups is 1. The summed E-state index contributed by atoms with van der Waals surface area (Å²) in [6, 6.07) is 12.5. The lowest BCUT2D eigenvalue weighted by Crippen LogP contribution is -2.43. The van der Waals surface area contributed by atoms with E-state index >= 15 is 0 Å². The van der Waals surface area contributed by atoms with Gasteiger partial charge in [0.05, 0.1) is 24.7 Å². The lowest BCUT2D eigenvalue weighted by Gasteiger charge is -2.30. The Balaban J connectivity index is 1.43. The van der Waals surface area contributed by atoms with Gasteiger partial charge in [-0.05, 0) is 36.4 Å². The minimum absolute atomic E-state index is 0.0298. The SMILES string of the molecule is COc1ccc2cn(-c3cccc(C(=O)Nc4cnccc4N4CCNCC4)n3)c(O)c2c1. The van der Waals surface area contributed by atoms with Gasteiger partial charge in [-0.2, -0.15) is 0 Å². The number of benzene rings is 1. The lowest BCUT2D eigenvalue weighted by molar-refractivity contribution is 0.102. The molecule has 1 amide bonds. The molecule has 1 saturated heterocycles. The highest BCUT2D eigenvalue weighted by molar-refractivity contribution is 6.04. The third-order valence-corrected chi connectivity index (χ3v) is 5.72. The zero-order chi connectivity index (χ0) is 22.8. The number of anilines is 2. The fourth-order valence-corrected chi connectivity index (χ4v) is 4.01. The van der Waals surface area contributed by atoms with E-state index < -0.39 is 0 Å². The van der Waals surface area contributed by atoms with Crippen LogP contribution in [0.15, 0.2) is 61.1 Å². The fraction of sp³-hybridized carbons (Fsp3) is 0.208. The minimum Gasteiger partial charge on any atom is -0.497 e. The van der Waals surface area contributed by atoms with Crippen molar-refractivity contribution in [3.05, 3.63) is 66.7 Å². The fourth-order valence-electron chi connectivity index (χ4n) is 4.01. The zero-order valence-electron chi connectivity index (χ0n) is 18.2. The Hall–Kier alpha value is -4.11. The first-order valence-corrected chi connectivity index (χ1v) is 10.7. The molecule has 4 aromatic rings. The summed E-state index contributed by atoms with van der Waals surface area (Å²) in [5, 5.41) is 18.5. The lowest BCUT2D eigenvalue weighted by atomic mass is 10.2.